The van der Waals surface area contributed by atoms with Crippen LogP contribution in [0, 0.1) is 11.7 Å². The predicted molar refractivity (Wildman–Crippen MR) is 107 cm³/mol. The van der Waals surface area contributed by atoms with Gasteiger partial charge in [-0.05, 0) is 42.2 Å². The summed E-state index contributed by atoms with van der Waals surface area (Å²) in [5.74, 6) is -1.30. The molecule has 0 aromatic heterocycles. The summed E-state index contributed by atoms with van der Waals surface area (Å²) in [4.78, 5) is 28.5. The van der Waals surface area contributed by atoms with Crippen LogP contribution in [0.4, 0.5) is 15.8 Å². The highest BCUT2D eigenvalue weighted by Gasteiger charge is 2.36. The largest absolute Gasteiger partial charge is 0.374 e. The molecule has 2 aromatic carbocycles. The van der Waals surface area contributed by atoms with Crippen molar-refractivity contribution < 1.29 is 14.0 Å². The lowest BCUT2D eigenvalue weighted by atomic mass is 9.99. The number of amides is 2. The molecule has 1 saturated heterocycles. The minimum absolute atomic E-state index is 0.106. The fourth-order valence-corrected chi connectivity index (χ4v) is 4.07. The second-order valence-electron chi connectivity index (χ2n) is 7.56. The van der Waals surface area contributed by atoms with Gasteiger partial charge in [-0.2, -0.15) is 0 Å². The Hall–Kier alpha value is -2.89. The number of halogens is 1. The van der Waals surface area contributed by atoms with Crippen LogP contribution < -0.4 is 15.1 Å². The Bertz CT molecular complexity index is 914. The maximum absolute atomic E-state index is 14.0. The Kier molecular flexibility index (Phi) is 5.03. The predicted octanol–water partition coefficient (Wildman–Crippen LogP) is 2.88. The lowest BCUT2D eigenvalue weighted by molar-refractivity contribution is -0.126. The van der Waals surface area contributed by atoms with Crippen molar-refractivity contribution in [2.75, 3.05) is 29.9 Å². The molecule has 1 N–H and O–H groups in total. The van der Waals surface area contributed by atoms with Crippen LogP contribution in [0.15, 0.2) is 42.5 Å². The van der Waals surface area contributed by atoms with Gasteiger partial charge in [-0.3, -0.25) is 9.59 Å². The first-order valence-electron chi connectivity index (χ1n) is 9.68. The van der Waals surface area contributed by atoms with Crippen LogP contribution in [0.25, 0.3) is 0 Å². The molecule has 1 fully saturated rings. The Labute approximate surface area is 164 Å². The molecule has 0 spiro atoms. The van der Waals surface area contributed by atoms with Crippen molar-refractivity contribution in [1.82, 2.24) is 5.32 Å². The third-order valence-electron chi connectivity index (χ3n) is 5.60. The molecule has 146 valence electrons. The fourth-order valence-electron chi connectivity index (χ4n) is 4.07. The molecular weight excluding hydrogens is 357 g/mol. The summed E-state index contributed by atoms with van der Waals surface area (Å²) in [5, 5.41) is 2.94. The molecule has 6 heteroatoms. The van der Waals surface area contributed by atoms with Gasteiger partial charge in [-0.1, -0.05) is 24.3 Å². The van der Waals surface area contributed by atoms with Crippen molar-refractivity contribution in [3.05, 3.63) is 59.4 Å². The summed E-state index contributed by atoms with van der Waals surface area (Å²) >= 11 is 0. The maximum atomic E-state index is 14.0. The number of hydrogen-bond acceptors (Lipinski definition) is 3. The Balaban J connectivity index is 1.38. The summed E-state index contributed by atoms with van der Waals surface area (Å²) in [5.41, 5.74) is 3.85. The summed E-state index contributed by atoms with van der Waals surface area (Å²) in [6.45, 7) is 1.71. The van der Waals surface area contributed by atoms with Crippen LogP contribution in [0.2, 0.25) is 0 Å². The molecule has 0 bridgehead atoms. The third kappa shape index (κ3) is 3.59. The Morgan fingerprint density at radius 1 is 1.21 bits per heavy atom. The van der Waals surface area contributed by atoms with Crippen molar-refractivity contribution in [3.63, 3.8) is 0 Å². The fraction of sp³-hybridized carbons (Fsp3) is 0.364. The van der Waals surface area contributed by atoms with Gasteiger partial charge in [-0.15, -0.1) is 0 Å². The zero-order valence-corrected chi connectivity index (χ0v) is 16.0. The lowest BCUT2D eigenvalue weighted by Gasteiger charge is -2.27. The quantitative estimate of drug-likeness (QED) is 0.886. The molecule has 0 radical (unpaired) electrons. The van der Waals surface area contributed by atoms with Crippen molar-refractivity contribution in [1.29, 1.82) is 0 Å². The van der Waals surface area contributed by atoms with Crippen molar-refractivity contribution in [2.24, 2.45) is 5.92 Å². The SMILES string of the molecule is CN1CCCc2cc(CNC(=O)C3CC(=O)N(c4ccccc4F)C3)ccc21. The number of carbonyl (C=O) groups is 2. The number of hydrogen-bond donors (Lipinski definition) is 1. The van der Waals surface area contributed by atoms with Crippen molar-refractivity contribution >= 4 is 23.2 Å². The third-order valence-corrected chi connectivity index (χ3v) is 5.60. The molecule has 4 rings (SSSR count). The van der Waals surface area contributed by atoms with Crippen LogP contribution in [-0.4, -0.2) is 32.0 Å². The summed E-state index contributed by atoms with van der Waals surface area (Å²) in [7, 11) is 2.10. The van der Waals surface area contributed by atoms with E-state index in [-0.39, 0.29) is 30.5 Å². The van der Waals surface area contributed by atoms with Gasteiger partial charge in [0.2, 0.25) is 11.8 Å². The second-order valence-corrected chi connectivity index (χ2v) is 7.56. The summed E-state index contributed by atoms with van der Waals surface area (Å²) in [6, 6.07) is 12.5. The van der Waals surface area contributed by atoms with Crippen LogP contribution in [0.1, 0.15) is 24.0 Å². The highest BCUT2D eigenvalue weighted by Crippen LogP contribution is 2.28. The van der Waals surface area contributed by atoms with E-state index in [1.807, 2.05) is 6.07 Å². The van der Waals surface area contributed by atoms with Gasteiger partial charge >= 0.3 is 0 Å². The molecule has 1 unspecified atom stereocenters. The molecule has 28 heavy (non-hydrogen) atoms. The van der Waals surface area contributed by atoms with E-state index in [1.54, 1.807) is 18.2 Å². The standard InChI is InChI=1S/C22H24FN3O2/c1-25-10-4-5-16-11-15(8-9-19(16)25)13-24-22(28)17-12-21(27)26(14-17)20-7-3-2-6-18(20)23/h2-3,6-9,11,17H,4-5,10,12-14H2,1H3,(H,24,28). The summed E-state index contributed by atoms with van der Waals surface area (Å²) in [6.07, 6.45) is 2.29. The van der Waals surface area contributed by atoms with Gasteiger partial charge in [0.05, 0.1) is 11.6 Å². The normalized spacial score (nSPS) is 18.9. The number of benzene rings is 2. The molecule has 1 atom stereocenters. The molecule has 0 saturated carbocycles. The molecule has 2 amide bonds. The van der Waals surface area contributed by atoms with E-state index in [2.05, 4.69) is 29.4 Å². The number of anilines is 2. The average Bonchev–Trinajstić information content (AvgIpc) is 3.08. The molecule has 5 nitrogen and oxygen atoms in total. The molecule has 2 aliphatic rings. The zero-order chi connectivity index (χ0) is 19.7. The first-order valence-corrected chi connectivity index (χ1v) is 9.68. The Morgan fingerprint density at radius 2 is 2.04 bits per heavy atom. The Morgan fingerprint density at radius 3 is 2.86 bits per heavy atom. The maximum Gasteiger partial charge on any atom is 0.227 e. The van der Waals surface area contributed by atoms with Gasteiger partial charge in [0.15, 0.2) is 0 Å². The molecule has 2 heterocycles. The number of carbonyl (C=O) groups excluding carboxylic acids is 2. The van der Waals surface area contributed by atoms with E-state index < -0.39 is 11.7 Å². The molecule has 2 aromatic rings. The van der Waals surface area contributed by atoms with Gasteiger partial charge in [0.1, 0.15) is 5.82 Å². The van der Waals surface area contributed by atoms with E-state index in [1.165, 1.54) is 22.2 Å². The zero-order valence-electron chi connectivity index (χ0n) is 16.0. The number of fused-ring (bicyclic) bond motifs is 1. The van der Waals surface area contributed by atoms with Crippen molar-refractivity contribution in [2.45, 2.75) is 25.8 Å². The van der Waals surface area contributed by atoms with E-state index in [0.717, 1.165) is 24.9 Å². The van der Waals surface area contributed by atoms with E-state index >= 15 is 0 Å². The number of aryl methyl sites for hydroxylation is 1. The number of nitrogens with one attached hydrogen (secondary N) is 1. The number of nitrogens with zero attached hydrogens (tertiary/aromatic N) is 2. The van der Waals surface area contributed by atoms with Gasteiger partial charge < -0.3 is 15.1 Å². The van der Waals surface area contributed by atoms with E-state index in [9.17, 15) is 14.0 Å². The van der Waals surface area contributed by atoms with Crippen LogP contribution in [0.5, 0.6) is 0 Å². The first kappa shape index (κ1) is 18.5. The smallest absolute Gasteiger partial charge is 0.227 e. The highest BCUT2D eigenvalue weighted by molar-refractivity contribution is 6.00. The average molecular weight is 381 g/mol. The van der Waals surface area contributed by atoms with Crippen LogP contribution in [0.3, 0.4) is 0 Å². The van der Waals surface area contributed by atoms with E-state index in [4.69, 9.17) is 0 Å². The molecule has 2 aliphatic heterocycles. The summed E-state index contributed by atoms with van der Waals surface area (Å²) < 4.78 is 14.0. The first-order chi connectivity index (χ1) is 13.5. The van der Waals surface area contributed by atoms with Crippen molar-refractivity contribution in [3.8, 4) is 0 Å². The minimum Gasteiger partial charge on any atom is -0.374 e. The molecule has 0 aliphatic carbocycles. The monoisotopic (exact) mass is 381 g/mol. The van der Waals surface area contributed by atoms with Gasteiger partial charge in [0, 0.05) is 38.8 Å². The topological polar surface area (TPSA) is 52.7 Å². The highest BCUT2D eigenvalue weighted by atomic mass is 19.1. The number of para-hydroxylation sites is 1. The van der Waals surface area contributed by atoms with Gasteiger partial charge in [-0.25, -0.2) is 4.39 Å². The minimum atomic E-state index is -0.462. The van der Waals surface area contributed by atoms with Crippen LogP contribution >= 0.6 is 0 Å². The number of rotatable bonds is 4. The van der Waals surface area contributed by atoms with E-state index in [0.29, 0.717) is 6.54 Å². The van der Waals surface area contributed by atoms with Crippen LogP contribution in [-0.2, 0) is 22.6 Å². The second kappa shape index (κ2) is 7.62. The van der Waals surface area contributed by atoms with Gasteiger partial charge in [0.25, 0.3) is 0 Å². The lowest BCUT2D eigenvalue weighted by Crippen LogP contribution is -2.33. The molecular formula is C22H24FN3O2.